The molecule has 86 valence electrons. The third kappa shape index (κ3) is 2.13. The van der Waals surface area contributed by atoms with Gasteiger partial charge in [-0.3, -0.25) is 9.97 Å². The fourth-order valence-corrected chi connectivity index (χ4v) is 1.91. The monoisotopic (exact) mass is 232 g/mol. The van der Waals surface area contributed by atoms with Gasteiger partial charge in [0.2, 0.25) is 0 Å². The van der Waals surface area contributed by atoms with Crippen LogP contribution in [0.25, 0.3) is 22.4 Å². The van der Waals surface area contributed by atoms with Gasteiger partial charge in [0.05, 0.1) is 5.69 Å². The highest BCUT2D eigenvalue weighted by molar-refractivity contribution is 5.69. The molecule has 18 heavy (non-hydrogen) atoms. The molecule has 2 heteroatoms. The highest BCUT2D eigenvalue weighted by Gasteiger charge is 2.02. The highest BCUT2D eigenvalue weighted by atomic mass is 14.7. The molecule has 0 saturated carbocycles. The molecule has 0 aliphatic rings. The Morgan fingerprint density at radius 1 is 0.667 bits per heavy atom. The van der Waals surface area contributed by atoms with Crippen molar-refractivity contribution < 1.29 is 0 Å². The summed E-state index contributed by atoms with van der Waals surface area (Å²) >= 11 is 0. The molecule has 0 aliphatic heterocycles. The van der Waals surface area contributed by atoms with E-state index in [1.165, 1.54) is 11.1 Å². The zero-order valence-corrected chi connectivity index (χ0v) is 9.82. The summed E-state index contributed by atoms with van der Waals surface area (Å²) in [6, 6.07) is 18.4. The molecular weight excluding hydrogens is 220 g/mol. The van der Waals surface area contributed by atoms with Crippen molar-refractivity contribution >= 4 is 0 Å². The third-order valence-corrected chi connectivity index (χ3v) is 2.82. The maximum absolute atomic E-state index is 4.40. The topological polar surface area (TPSA) is 25.8 Å². The van der Waals surface area contributed by atoms with Gasteiger partial charge in [-0.15, -0.1) is 0 Å². The zero-order chi connectivity index (χ0) is 12.2. The third-order valence-electron chi connectivity index (χ3n) is 2.82. The minimum Gasteiger partial charge on any atom is -0.264 e. The average Bonchev–Trinajstić information content (AvgIpc) is 2.49. The van der Waals surface area contributed by atoms with Crippen LogP contribution in [0.1, 0.15) is 0 Å². The molecule has 2 heterocycles. The summed E-state index contributed by atoms with van der Waals surface area (Å²) in [6.07, 6.45) is 5.44. The molecule has 0 atom stereocenters. The predicted octanol–water partition coefficient (Wildman–Crippen LogP) is 3.81. The van der Waals surface area contributed by atoms with Crippen LogP contribution in [0.4, 0.5) is 0 Å². The Labute approximate surface area is 106 Å². The first-order valence-corrected chi connectivity index (χ1v) is 5.85. The fraction of sp³-hybridized carbons (Fsp3) is 0. The van der Waals surface area contributed by atoms with Crippen LogP contribution in [0.3, 0.4) is 0 Å². The number of nitrogens with zero attached hydrogens (tertiary/aromatic N) is 2. The lowest BCUT2D eigenvalue weighted by atomic mass is 10.0. The summed E-state index contributed by atoms with van der Waals surface area (Å²) in [5.74, 6) is 0. The van der Waals surface area contributed by atoms with Crippen molar-refractivity contribution in [1.82, 2.24) is 9.97 Å². The van der Waals surface area contributed by atoms with Crippen molar-refractivity contribution in [2.45, 2.75) is 0 Å². The van der Waals surface area contributed by atoms with Gasteiger partial charge in [-0.25, -0.2) is 0 Å². The molecule has 0 N–H and O–H groups in total. The van der Waals surface area contributed by atoms with Crippen LogP contribution in [0.2, 0.25) is 0 Å². The van der Waals surface area contributed by atoms with Crippen LogP contribution in [0.15, 0.2) is 73.2 Å². The molecule has 0 saturated heterocycles. The van der Waals surface area contributed by atoms with E-state index in [9.17, 15) is 0 Å². The Balaban J connectivity index is 2.05. The molecule has 1 aromatic carbocycles. The largest absolute Gasteiger partial charge is 0.264 e. The highest BCUT2D eigenvalue weighted by Crippen LogP contribution is 2.23. The van der Waals surface area contributed by atoms with Gasteiger partial charge in [-0.2, -0.15) is 0 Å². The summed E-state index contributed by atoms with van der Waals surface area (Å²) in [5, 5.41) is 0. The van der Waals surface area contributed by atoms with Crippen molar-refractivity contribution in [3.8, 4) is 22.4 Å². The van der Waals surface area contributed by atoms with Crippen LogP contribution < -0.4 is 0 Å². The van der Waals surface area contributed by atoms with Crippen molar-refractivity contribution in [3.63, 3.8) is 0 Å². The average molecular weight is 232 g/mol. The Morgan fingerprint density at radius 3 is 2.28 bits per heavy atom. The first kappa shape index (κ1) is 10.7. The molecule has 0 spiro atoms. The lowest BCUT2D eigenvalue weighted by Crippen LogP contribution is -1.85. The molecule has 0 amide bonds. The molecule has 3 rings (SSSR count). The Morgan fingerprint density at radius 2 is 1.50 bits per heavy atom. The summed E-state index contributed by atoms with van der Waals surface area (Å²) in [5.41, 5.74) is 4.36. The molecule has 0 fully saturated rings. The minimum absolute atomic E-state index is 0.949. The van der Waals surface area contributed by atoms with Crippen LogP contribution >= 0.6 is 0 Å². The van der Waals surface area contributed by atoms with E-state index in [4.69, 9.17) is 0 Å². The molecule has 0 unspecified atom stereocenters. The molecule has 2 nitrogen and oxygen atoms in total. The predicted molar refractivity (Wildman–Crippen MR) is 72.9 cm³/mol. The standard InChI is InChI=1S/C16H12N2/c1-2-5-13(6-3-1)14-8-10-18-16(11-14)15-7-4-9-17-12-15/h1-12H. The minimum atomic E-state index is 0.949. The summed E-state index contributed by atoms with van der Waals surface area (Å²) in [4.78, 5) is 8.52. The van der Waals surface area contributed by atoms with E-state index in [-0.39, 0.29) is 0 Å². The quantitative estimate of drug-likeness (QED) is 0.671. The van der Waals surface area contributed by atoms with Crippen molar-refractivity contribution in [2.75, 3.05) is 0 Å². The number of pyridine rings is 2. The van der Waals surface area contributed by atoms with Gasteiger partial charge < -0.3 is 0 Å². The van der Waals surface area contributed by atoms with E-state index in [2.05, 4.69) is 28.2 Å². The normalized spacial score (nSPS) is 10.2. The maximum Gasteiger partial charge on any atom is 0.0723 e. The number of benzene rings is 1. The van der Waals surface area contributed by atoms with Crippen LogP contribution in [-0.4, -0.2) is 9.97 Å². The fourth-order valence-electron chi connectivity index (χ4n) is 1.91. The van der Waals surface area contributed by atoms with Gasteiger partial charge in [0, 0.05) is 24.2 Å². The van der Waals surface area contributed by atoms with Gasteiger partial charge in [0.15, 0.2) is 0 Å². The van der Waals surface area contributed by atoms with Crippen LogP contribution in [0, 0.1) is 0 Å². The van der Waals surface area contributed by atoms with Gasteiger partial charge in [0.1, 0.15) is 0 Å². The van der Waals surface area contributed by atoms with Crippen molar-refractivity contribution in [2.24, 2.45) is 0 Å². The zero-order valence-electron chi connectivity index (χ0n) is 9.82. The molecular formula is C16H12N2. The van der Waals surface area contributed by atoms with E-state index in [0.29, 0.717) is 0 Å². The summed E-state index contributed by atoms with van der Waals surface area (Å²) < 4.78 is 0. The number of hydrogen-bond donors (Lipinski definition) is 0. The molecule has 0 bridgehead atoms. The Kier molecular flexibility index (Phi) is 2.84. The first-order valence-electron chi connectivity index (χ1n) is 5.85. The molecule has 3 aromatic rings. The molecule has 2 aromatic heterocycles. The van der Waals surface area contributed by atoms with E-state index in [1.807, 2.05) is 48.8 Å². The maximum atomic E-state index is 4.40. The number of aromatic nitrogens is 2. The molecule has 0 aliphatic carbocycles. The number of hydrogen-bond acceptors (Lipinski definition) is 2. The SMILES string of the molecule is c1ccc(-c2ccnc(-c3cccnc3)c2)cc1. The summed E-state index contributed by atoms with van der Waals surface area (Å²) in [6.45, 7) is 0. The van der Waals surface area contributed by atoms with Gasteiger partial charge in [-0.1, -0.05) is 30.3 Å². The molecule has 0 radical (unpaired) electrons. The van der Waals surface area contributed by atoms with E-state index < -0.39 is 0 Å². The lowest BCUT2D eigenvalue weighted by molar-refractivity contribution is 1.28. The van der Waals surface area contributed by atoms with Crippen LogP contribution in [-0.2, 0) is 0 Å². The lowest BCUT2D eigenvalue weighted by Gasteiger charge is -2.04. The van der Waals surface area contributed by atoms with E-state index in [1.54, 1.807) is 6.20 Å². The van der Waals surface area contributed by atoms with Crippen molar-refractivity contribution in [1.29, 1.82) is 0 Å². The first-order chi connectivity index (χ1) is 8.93. The van der Waals surface area contributed by atoms with Gasteiger partial charge >= 0.3 is 0 Å². The van der Waals surface area contributed by atoms with E-state index in [0.717, 1.165) is 11.3 Å². The van der Waals surface area contributed by atoms with Gasteiger partial charge in [-0.05, 0) is 35.4 Å². The Bertz CT molecular complexity index is 579. The Hall–Kier alpha value is -2.48. The smallest absolute Gasteiger partial charge is 0.0723 e. The van der Waals surface area contributed by atoms with E-state index >= 15 is 0 Å². The second-order valence-corrected chi connectivity index (χ2v) is 4.04. The second kappa shape index (κ2) is 4.80. The van der Waals surface area contributed by atoms with Crippen LogP contribution in [0.5, 0.6) is 0 Å². The second-order valence-electron chi connectivity index (χ2n) is 4.04. The number of rotatable bonds is 2. The van der Waals surface area contributed by atoms with Gasteiger partial charge in [0.25, 0.3) is 0 Å². The summed E-state index contributed by atoms with van der Waals surface area (Å²) in [7, 11) is 0. The van der Waals surface area contributed by atoms with Crippen molar-refractivity contribution in [3.05, 3.63) is 73.2 Å².